The Hall–Kier alpha value is -1.45. The second-order valence-corrected chi connectivity index (χ2v) is 6.46. The maximum Gasteiger partial charge on any atom is 0.239 e. The van der Waals surface area contributed by atoms with Crippen LogP contribution in [0.5, 0.6) is 5.88 Å². The predicted molar refractivity (Wildman–Crippen MR) is 79.4 cm³/mol. The van der Waals surface area contributed by atoms with Gasteiger partial charge >= 0.3 is 0 Å². The number of aromatic nitrogens is 1. The first-order valence-corrected chi connectivity index (χ1v) is 6.96. The zero-order chi connectivity index (χ0) is 14.3. The molecule has 3 N–H and O–H groups in total. The van der Waals surface area contributed by atoms with Crippen molar-refractivity contribution in [1.29, 1.82) is 0 Å². The Kier molecular flexibility index (Phi) is 3.37. The van der Waals surface area contributed by atoms with E-state index in [2.05, 4.69) is 44.9 Å². The zero-order valence-corrected chi connectivity index (χ0v) is 12.6. The third-order valence-corrected chi connectivity index (χ3v) is 4.65. The quantitative estimate of drug-likeness (QED) is 0.855. The minimum Gasteiger partial charge on any atom is -0.476 e. The van der Waals surface area contributed by atoms with Crippen LogP contribution in [-0.4, -0.2) is 17.6 Å². The van der Waals surface area contributed by atoms with Crippen molar-refractivity contribution in [3.05, 3.63) is 12.1 Å². The van der Waals surface area contributed by atoms with Gasteiger partial charge < -0.3 is 15.8 Å². The van der Waals surface area contributed by atoms with Gasteiger partial charge in [0.15, 0.2) is 0 Å². The monoisotopic (exact) mass is 263 g/mol. The number of pyridine rings is 1. The van der Waals surface area contributed by atoms with Crippen LogP contribution in [0.15, 0.2) is 12.1 Å². The van der Waals surface area contributed by atoms with Crippen LogP contribution in [0.25, 0.3) is 0 Å². The lowest BCUT2D eigenvalue weighted by Crippen LogP contribution is -2.12. The second kappa shape index (κ2) is 4.58. The van der Waals surface area contributed by atoms with E-state index in [9.17, 15) is 0 Å². The zero-order valence-electron chi connectivity index (χ0n) is 12.6. The van der Waals surface area contributed by atoms with E-state index in [1.54, 1.807) is 0 Å². The van der Waals surface area contributed by atoms with Gasteiger partial charge in [-0.05, 0) is 29.4 Å². The van der Waals surface area contributed by atoms with E-state index in [-0.39, 0.29) is 10.8 Å². The van der Waals surface area contributed by atoms with E-state index >= 15 is 0 Å². The number of ether oxygens (including phenoxy) is 1. The average Bonchev–Trinajstić information content (AvgIpc) is 2.72. The summed E-state index contributed by atoms with van der Waals surface area (Å²) in [5.41, 5.74) is 7.02. The highest BCUT2D eigenvalue weighted by molar-refractivity contribution is 5.55. The molecule has 0 radical (unpaired) electrons. The van der Waals surface area contributed by atoms with Crippen LogP contribution in [-0.2, 0) is 0 Å². The van der Waals surface area contributed by atoms with Crippen molar-refractivity contribution in [3.63, 3.8) is 0 Å². The molecule has 0 atom stereocenters. The molecular formula is C15H25N3O. The smallest absolute Gasteiger partial charge is 0.239 e. The Bertz CT molecular complexity index is 454. The molecule has 0 aromatic carbocycles. The van der Waals surface area contributed by atoms with E-state index < -0.39 is 0 Å². The van der Waals surface area contributed by atoms with Crippen LogP contribution in [0.3, 0.4) is 0 Å². The number of hydrogen-bond donors (Lipinski definition) is 2. The van der Waals surface area contributed by atoms with Crippen molar-refractivity contribution >= 4 is 11.5 Å². The predicted octanol–water partition coefficient (Wildman–Crippen LogP) is 3.30. The van der Waals surface area contributed by atoms with Crippen LogP contribution < -0.4 is 15.8 Å². The summed E-state index contributed by atoms with van der Waals surface area (Å²) in [6.45, 7) is 11.8. The van der Waals surface area contributed by atoms with E-state index in [4.69, 9.17) is 10.5 Å². The van der Waals surface area contributed by atoms with Gasteiger partial charge in [-0.2, -0.15) is 4.98 Å². The molecule has 1 aliphatic rings. The summed E-state index contributed by atoms with van der Waals surface area (Å²) in [5, 5.41) is 3.49. The standard InChI is InChI=1S/C15H25N3O/c1-6-9-19-12-10(16)7-8-11(17-12)18-13-14(2,3)15(13,4)5/h7-8,13H,6,9,16H2,1-5H3,(H,17,18). The van der Waals surface area contributed by atoms with Crippen LogP contribution in [0.1, 0.15) is 41.0 Å². The number of nitrogens with two attached hydrogens (primary N) is 1. The Labute approximate surface area is 115 Å². The number of rotatable bonds is 5. The highest BCUT2D eigenvalue weighted by Gasteiger charge is 2.65. The summed E-state index contributed by atoms with van der Waals surface area (Å²) >= 11 is 0. The van der Waals surface area contributed by atoms with Gasteiger partial charge in [-0.3, -0.25) is 0 Å². The minimum atomic E-state index is 0.278. The molecule has 1 aliphatic carbocycles. The fourth-order valence-corrected chi connectivity index (χ4v) is 2.55. The molecule has 2 rings (SSSR count). The number of anilines is 2. The fraction of sp³-hybridized carbons (Fsp3) is 0.667. The van der Waals surface area contributed by atoms with Crippen molar-refractivity contribution in [2.75, 3.05) is 17.7 Å². The third kappa shape index (κ3) is 2.36. The number of nitrogen functional groups attached to an aromatic ring is 1. The van der Waals surface area contributed by atoms with Gasteiger partial charge in [0.25, 0.3) is 0 Å². The molecule has 1 aromatic rings. The van der Waals surface area contributed by atoms with Gasteiger partial charge in [0.1, 0.15) is 5.82 Å². The molecule has 0 spiro atoms. The topological polar surface area (TPSA) is 60.2 Å². The van der Waals surface area contributed by atoms with Crippen molar-refractivity contribution in [2.24, 2.45) is 10.8 Å². The minimum absolute atomic E-state index is 0.278. The highest BCUT2D eigenvalue weighted by Crippen LogP contribution is 2.63. The SMILES string of the molecule is CCCOc1nc(NC2C(C)(C)C2(C)C)ccc1N. The van der Waals surface area contributed by atoms with Crippen molar-refractivity contribution in [3.8, 4) is 5.88 Å². The molecule has 4 nitrogen and oxygen atoms in total. The van der Waals surface area contributed by atoms with Gasteiger partial charge in [0, 0.05) is 6.04 Å². The Morgan fingerprint density at radius 2 is 1.89 bits per heavy atom. The second-order valence-electron chi connectivity index (χ2n) is 6.46. The summed E-state index contributed by atoms with van der Waals surface area (Å²) in [5.74, 6) is 1.37. The van der Waals surface area contributed by atoms with Crippen molar-refractivity contribution < 1.29 is 4.74 Å². The van der Waals surface area contributed by atoms with Crippen LogP contribution in [0.2, 0.25) is 0 Å². The summed E-state index contributed by atoms with van der Waals surface area (Å²) in [6.07, 6.45) is 0.946. The lowest BCUT2D eigenvalue weighted by molar-refractivity contribution is 0.307. The molecule has 1 aromatic heterocycles. The summed E-state index contributed by atoms with van der Waals surface area (Å²) < 4.78 is 5.56. The molecule has 0 amide bonds. The number of nitrogens with zero attached hydrogens (tertiary/aromatic N) is 1. The molecule has 106 valence electrons. The highest BCUT2D eigenvalue weighted by atomic mass is 16.5. The first kappa shape index (κ1) is 14.0. The van der Waals surface area contributed by atoms with Gasteiger partial charge in [0.2, 0.25) is 5.88 Å². The summed E-state index contributed by atoms with van der Waals surface area (Å²) in [7, 11) is 0. The first-order chi connectivity index (χ1) is 8.80. The molecule has 1 fully saturated rings. The van der Waals surface area contributed by atoms with Gasteiger partial charge in [-0.1, -0.05) is 34.6 Å². The van der Waals surface area contributed by atoms with Gasteiger partial charge in [-0.25, -0.2) is 0 Å². The van der Waals surface area contributed by atoms with Crippen molar-refractivity contribution in [1.82, 2.24) is 4.98 Å². The average molecular weight is 263 g/mol. The van der Waals surface area contributed by atoms with E-state index in [1.165, 1.54) is 0 Å². The van der Waals surface area contributed by atoms with E-state index in [1.807, 2.05) is 12.1 Å². The molecule has 4 heteroatoms. The molecule has 0 bridgehead atoms. The summed E-state index contributed by atoms with van der Waals surface area (Å²) in [4.78, 5) is 4.46. The Morgan fingerprint density at radius 1 is 1.26 bits per heavy atom. The third-order valence-electron chi connectivity index (χ3n) is 4.65. The van der Waals surface area contributed by atoms with Crippen molar-refractivity contribution in [2.45, 2.75) is 47.1 Å². The van der Waals surface area contributed by atoms with E-state index in [0.717, 1.165) is 12.2 Å². The number of nitrogens with one attached hydrogen (secondary N) is 1. The lowest BCUT2D eigenvalue weighted by Gasteiger charge is -2.11. The molecule has 19 heavy (non-hydrogen) atoms. The van der Waals surface area contributed by atoms with Gasteiger partial charge in [-0.15, -0.1) is 0 Å². The maximum atomic E-state index is 5.87. The maximum absolute atomic E-state index is 5.87. The molecule has 0 saturated heterocycles. The van der Waals surface area contributed by atoms with Crippen LogP contribution in [0.4, 0.5) is 11.5 Å². The molecule has 0 aliphatic heterocycles. The number of hydrogen-bond acceptors (Lipinski definition) is 4. The molecule has 1 saturated carbocycles. The fourth-order valence-electron chi connectivity index (χ4n) is 2.55. The van der Waals surface area contributed by atoms with Crippen LogP contribution >= 0.6 is 0 Å². The van der Waals surface area contributed by atoms with Gasteiger partial charge in [0.05, 0.1) is 12.3 Å². The first-order valence-electron chi connectivity index (χ1n) is 6.96. The van der Waals surface area contributed by atoms with Crippen LogP contribution in [0, 0.1) is 10.8 Å². The summed E-state index contributed by atoms with van der Waals surface area (Å²) in [6, 6.07) is 4.19. The largest absolute Gasteiger partial charge is 0.476 e. The Morgan fingerprint density at radius 3 is 2.42 bits per heavy atom. The molecule has 1 heterocycles. The molecular weight excluding hydrogens is 238 g/mol. The lowest BCUT2D eigenvalue weighted by atomic mass is 10.0. The normalized spacial score (nSPS) is 20.1. The Balaban J connectivity index is 2.10. The van der Waals surface area contributed by atoms with E-state index in [0.29, 0.717) is 24.2 Å². The molecule has 0 unspecified atom stereocenters.